The van der Waals surface area contributed by atoms with Gasteiger partial charge in [-0.05, 0) is 79.9 Å². The van der Waals surface area contributed by atoms with E-state index in [9.17, 15) is 4.79 Å². The molecule has 27 heavy (non-hydrogen) atoms. The lowest BCUT2D eigenvalue weighted by atomic mass is 9.71. The second-order valence-corrected chi connectivity index (χ2v) is 8.98. The number of carbonyl (C=O) groups is 1. The molecular formula is C22H34N2O2S. The molecule has 0 aromatic heterocycles. The summed E-state index contributed by atoms with van der Waals surface area (Å²) in [6.07, 6.45) is 6.74. The zero-order valence-corrected chi connectivity index (χ0v) is 18.0. The highest BCUT2D eigenvalue weighted by molar-refractivity contribution is 7.80. The molecule has 1 fully saturated rings. The van der Waals surface area contributed by atoms with Gasteiger partial charge in [0, 0.05) is 11.6 Å². The Balaban J connectivity index is 1.76. The van der Waals surface area contributed by atoms with Gasteiger partial charge in [-0.2, -0.15) is 0 Å². The zero-order valence-electron chi connectivity index (χ0n) is 17.1. The molecule has 0 heterocycles. The van der Waals surface area contributed by atoms with E-state index in [1.54, 1.807) is 12.1 Å². The molecule has 2 rings (SSSR count). The van der Waals surface area contributed by atoms with E-state index in [0.717, 1.165) is 37.4 Å². The number of hydrogen-bond donors (Lipinski definition) is 2. The van der Waals surface area contributed by atoms with Gasteiger partial charge in [0.25, 0.3) is 5.91 Å². The topological polar surface area (TPSA) is 50.4 Å². The second-order valence-electron chi connectivity index (χ2n) is 8.57. The Labute approximate surface area is 169 Å². The van der Waals surface area contributed by atoms with Crippen LogP contribution in [0.4, 0.5) is 0 Å². The molecule has 1 amide bonds. The molecule has 0 atom stereocenters. The van der Waals surface area contributed by atoms with Crippen LogP contribution in [0.15, 0.2) is 24.3 Å². The van der Waals surface area contributed by atoms with E-state index in [2.05, 4.69) is 38.3 Å². The number of nitrogens with one attached hydrogen (secondary N) is 2. The average Bonchev–Trinajstić information content (AvgIpc) is 2.62. The van der Waals surface area contributed by atoms with E-state index >= 15 is 0 Å². The van der Waals surface area contributed by atoms with E-state index in [0.29, 0.717) is 28.7 Å². The van der Waals surface area contributed by atoms with Gasteiger partial charge in [-0.1, -0.05) is 34.1 Å². The van der Waals surface area contributed by atoms with Crippen LogP contribution in [0.25, 0.3) is 0 Å². The van der Waals surface area contributed by atoms with Crippen molar-refractivity contribution in [2.45, 2.75) is 72.3 Å². The highest BCUT2D eigenvalue weighted by Gasteiger charge is 2.29. The third-order valence-electron chi connectivity index (χ3n) is 5.40. The van der Waals surface area contributed by atoms with Gasteiger partial charge in [0.2, 0.25) is 0 Å². The summed E-state index contributed by atoms with van der Waals surface area (Å²) < 4.78 is 5.63. The minimum atomic E-state index is -0.184. The number of rotatable bonds is 6. The quantitative estimate of drug-likeness (QED) is 0.526. The molecule has 1 aliphatic rings. The zero-order chi connectivity index (χ0) is 19.9. The molecule has 2 N–H and O–H groups in total. The van der Waals surface area contributed by atoms with Crippen molar-refractivity contribution < 1.29 is 9.53 Å². The minimum absolute atomic E-state index is 0.184. The maximum atomic E-state index is 12.4. The van der Waals surface area contributed by atoms with Crippen molar-refractivity contribution in [1.82, 2.24) is 10.6 Å². The Bertz CT molecular complexity index is 614. The highest BCUT2D eigenvalue weighted by Crippen LogP contribution is 2.37. The van der Waals surface area contributed by atoms with Crippen molar-refractivity contribution in [3.63, 3.8) is 0 Å². The summed E-state index contributed by atoms with van der Waals surface area (Å²) in [4.78, 5) is 12.4. The van der Waals surface area contributed by atoms with Gasteiger partial charge >= 0.3 is 0 Å². The highest BCUT2D eigenvalue weighted by atomic mass is 32.1. The van der Waals surface area contributed by atoms with Crippen LogP contribution in [0, 0.1) is 11.3 Å². The van der Waals surface area contributed by atoms with Crippen LogP contribution in [0.1, 0.15) is 76.6 Å². The molecule has 5 heteroatoms. The predicted octanol–water partition coefficient (Wildman–Crippen LogP) is 5.07. The molecule has 1 aromatic rings. The number of benzene rings is 1. The Morgan fingerprint density at radius 2 is 1.78 bits per heavy atom. The molecule has 4 nitrogen and oxygen atoms in total. The molecule has 0 saturated heterocycles. The Kier molecular flexibility index (Phi) is 8.08. The summed E-state index contributed by atoms with van der Waals surface area (Å²) in [5.41, 5.74) is 0.949. The number of carbonyl (C=O) groups excluding carboxylic acids is 1. The first-order valence-corrected chi connectivity index (χ1v) is 10.5. The fourth-order valence-corrected chi connectivity index (χ4v) is 3.80. The van der Waals surface area contributed by atoms with E-state index in [1.165, 1.54) is 12.8 Å². The van der Waals surface area contributed by atoms with Crippen molar-refractivity contribution in [2.24, 2.45) is 11.3 Å². The third-order valence-corrected chi connectivity index (χ3v) is 5.62. The second kappa shape index (κ2) is 10.1. The van der Waals surface area contributed by atoms with E-state index in [4.69, 9.17) is 17.0 Å². The predicted molar refractivity (Wildman–Crippen MR) is 115 cm³/mol. The first-order valence-electron chi connectivity index (χ1n) is 10.1. The third kappa shape index (κ3) is 7.13. The smallest absolute Gasteiger partial charge is 0.257 e. The fourth-order valence-electron chi connectivity index (χ4n) is 3.54. The SMILES string of the molecule is CCCCOc1ccc(C(=O)NC(=S)NC2CCC(C(C)(C)C)CC2)cc1. The van der Waals surface area contributed by atoms with E-state index in [1.807, 2.05) is 12.1 Å². The summed E-state index contributed by atoms with van der Waals surface area (Å²) in [5, 5.41) is 6.53. The normalized spacial score (nSPS) is 20.0. The first kappa shape index (κ1) is 21.7. The van der Waals surface area contributed by atoms with E-state index in [-0.39, 0.29) is 5.91 Å². The van der Waals surface area contributed by atoms with Gasteiger partial charge in [0.05, 0.1) is 6.61 Å². The van der Waals surface area contributed by atoms with Crippen molar-refractivity contribution in [3.8, 4) is 5.75 Å². The maximum absolute atomic E-state index is 12.4. The van der Waals surface area contributed by atoms with Crippen molar-refractivity contribution in [2.75, 3.05) is 6.61 Å². The summed E-state index contributed by atoms with van der Waals surface area (Å²) in [5.74, 6) is 1.36. The molecule has 0 spiro atoms. The van der Waals surface area contributed by atoms with Crippen LogP contribution in [0.5, 0.6) is 5.75 Å². The Hall–Kier alpha value is -1.62. The number of unbranched alkanes of at least 4 members (excludes halogenated alkanes) is 1. The largest absolute Gasteiger partial charge is 0.494 e. The van der Waals surface area contributed by atoms with Crippen LogP contribution in [0.3, 0.4) is 0 Å². The molecular weight excluding hydrogens is 356 g/mol. The Morgan fingerprint density at radius 1 is 1.15 bits per heavy atom. The number of hydrogen-bond acceptors (Lipinski definition) is 3. The monoisotopic (exact) mass is 390 g/mol. The Morgan fingerprint density at radius 3 is 2.33 bits per heavy atom. The van der Waals surface area contributed by atoms with E-state index < -0.39 is 0 Å². The van der Waals surface area contributed by atoms with Crippen LogP contribution in [-0.2, 0) is 0 Å². The van der Waals surface area contributed by atoms with Gasteiger partial charge < -0.3 is 10.1 Å². The molecule has 0 unspecified atom stereocenters. The summed E-state index contributed by atoms with van der Waals surface area (Å²) in [6.45, 7) is 9.78. The van der Waals surface area contributed by atoms with Crippen LogP contribution in [0.2, 0.25) is 0 Å². The van der Waals surface area contributed by atoms with Crippen molar-refractivity contribution >= 4 is 23.2 Å². The lowest BCUT2D eigenvalue weighted by molar-refractivity contribution is 0.0976. The van der Waals surface area contributed by atoms with Gasteiger partial charge in [-0.15, -0.1) is 0 Å². The molecule has 0 aliphatic heterocycles. The van der Waals surface area contributed by atoms with Crippen LogP contribution >= 0.6 is 12.2 Å². The number of ether oxygens (including phenoxy) is 1. The van der Waals surface area contributed by atoms with Crippen molar-refractivity contribution in [1.29, 1.82) is 0 Å². The molecule has 0 radical (unpaired) electrons. The van der Waals surface area contributed by atoms with Gasteiger partial charge in [0.1, 0.15) is 5.75 Å². The summed E-state index contributed by atoms with van der Waals surface area (Å²) in [6, 6.07) is 7.55. The molecule has 1 aliphatic carbocycles. The number of thiocarbonyl (C=S) groups is 1. The number of amides is 1. The molecule has 1 saturated carbocycles. The minimum Gasteiger partial charge on any atom is -0.494 e. The summed E-state index contributed by atoms with van der Waals surface area (Å²) >= 11 is 5.34. The van der Waals surface area contributed by atoms with Crippen LogP contribution in [-0.4, -0.2) is 23.7 Å². The van der Waals surface area contributed by atoms with Crippen molar-refractivity contribution in [3.05, 3.63) is 29.8 Å². The molecule has 150 valence electrons. The lowest BCUT2D eigenvalue weighted by Gasteiger charge is -2.37. The van der Waals surface area contributed by atoms with Gasteiger partial charge in [-0.25, -0.2) is 0 Å². The molecule has 1 aromatic carbocycles. The first-order chi connectivity index (χ1) is 12.8. The lowest BCUT2D eigenvalue weighted by Crippen LogP contribution is -2.46. The molecule has 0 bridgehead atoms. The van der Waals surface area contributed by atoms with Gasteiger partial charge in [0.15, 0.2) is 5.11 Å². The van der Waals surface area contributed by atoms with Gasteiger partial charge in [-0.3, -0.25) is 10.1 Å². The fraction of sp³-hybridized carbons (Fsp3) is 0.636. The maximum Gasteiger partial charge on any atom is 0.257 e. The van der Waals surface area contributed by atoms with Crippen LogP contribution < -0.4 is 15.4 Å². The standard InChI is InChI=1S/C22H34N2O2S/c1-5-6-15-26-19-13-7-16(8-14-19)20(25)24-21(27)23-18-11-9-17(10-12-18)22(2,3)4/h7-8,13-14,17-18H,5-6,9-12,15H2,1-4H3,(H2,23,24,25,27). The average molecular weight is 391 g/mol. The summed E-state index contributed by atoms with van der Waals surface area (Å²) in [7, 11) is 0.